The molecule has 0 aromatic heterocycles. The zero-order valence-electron chi connectivity index (χ0n) is 23.6. The summed E-state index contributed by atoms with van der Waals surface area (Å²) < 4.78 is 78.7. The average Bonchev–Trinajstić information content (AvgIpc) is 2.91. The average molecular weight is 591 g/mol. The molecule has 0 spiro atoms. The largest absolute Gasteiger partial charge is 0.416 e. The highest BCUT2D eigenvalue weighted by Crippen LogP contribution is 2.36. The molecule has 0 unspecified atom stereocenters. The van der Waals surface area contributed by atoms with Gasteiger partial charge in [0, 0.05) is 50.3 Å². The monoisotopic (exact) mass is 590 g/mol. The van der Waals surface area contributed by atoms with E-state index in [-0.39, 0.29) is 29.4 Å². The van der Waals surface area contributed by atoms with Gasteiger partial charge in [-0.15, -0.1) is 0 Å². The van der Waals surface area contributed by atoms with E-state index < -0.39 is 35.7 Å². The number of hydrogen-bond donors (Lipinski definition) is 0. The molecule has 1 aliphatic heterocycles. The van der Waals surface area contributed by atoms with Crippen LogP contribution in [-0.4, -0.2) is 42.8 Å². The fourth-order valence-corrected chi connectivity index (χ4v) is 4.93. The van der Waals surface area contributed by atoms with E-state index in [1.165, 1.54) is 0 Å². The summed E-state index contributed by atoms with van der Waals surface area (Å²) in [7, 11) is 0. The van der Waals surface area contributed by atoms with Crippen molar-refractivity contribution in [2.45, 2.75) is 51.4 Å². The number of Topliss-reactive ketones (excluding diaryl/α,β-unsaturated/α-hetero) is 1. The number of anilines is 1. The molecule has 4 nitrogen and oxygen atoms in total. The Labute approximate surface area is 240 Å². The number of amides is 1. The van der Waals surface area contributed by atoms with Gasteiger partial charge in [-0.3, -0.25) is 9.59 Å². The van der Waals surface area contributed by atoms with E-state index in [0.717, 1.165) is 11.3 Å². The van der Waals surface area contributed by atoms with Crippen molar-refractivity contribution in [3.63, 3.8) is 0 Å². The summed E-state index contributed by atoms with van der Waals surface area (Å²) in [5.74, 6) is -0.523. The Morgan fingerprint density at radius 2 is 1.14 bits per heavy atom. The standard InChI is InChI=1S/C32H32F6N2O2/c1-30(2,3)24-8-6-23(7-9-24)29(42)40-14-12-39(13-15-40)27-10-4-21(5-11-27)18-28(41)19-22-16-25(31(33,34)35)20-26(17-22)32(36,37)38/h4-11,16-17,20H,12-15,18-19H2,1-3H3. The van der Waals surface area contributed by atoms with E-state index in [4.69, 9.17) is 0 Å². The Hall–Kier alpha value is -3.82. The Balaban J connectivity index is 1.33. The van der Waals surface area contributed by atoms with Crippen molar-refractivity contribution in [2.75, 3.05) is 31.1 Å². The van der Waals surface area contributed by atoms with Crippen molar-refractivity contribution in [2.24, 2.45) is 0 Å². The highest BCUT2D eigenvalue weighted by molar-refractivity contribution is 5.94. The van der Waals surface area contributed by atoms with Crippen molar-refractivity contribution in [3.05, 3.63) is 100 Å². The van der Waals surface area contributed by atoms with Crippen molar-refractivity contribution in [1.29, 1.82) is 0 Å². The number of ketones is 1. The smallest absolute Gasteiger partial charge is 0.368 e. The van der Waals surface area contributed by atoms with E-state index in [2.05, 4.69) is 25.7 Å². The Morgan fingerprint density at radius 1 is 0.643 bits per heavy atom. The molecule has 3 aromatic rings. The zero-order valence-corrected chi connectivity index (χ0v) is 23.6. The van der Waals surface area contributed by atoms with Gasteiger partial charge in [0.25, 0.3) is 5.91 Å². The number of rotatable bonds is 6. The first-order chi connectivity index (χ1) is 19.5. The third-order valence-corrected chi connectivity index (χ3v) is 7.32. The molecular formula is C32H32F6N2O2. The summed E-state index contributed by atoms with van der Waals surface area (Å²) in [6, 6.07) is 16.0. The van der Waals surface area contributed by atoms with Gasteiger partial charge >= 0.3 is 12.4 Å². The minimum atomic E-state index is -4.97. The maximum Gasteiger partial charge on any atom is 0.416 e. The van der Waals surface area contributed by atoms with Gasteiger partial charge in [0.2, 0.25) is 0 Å². The summed E-state index contributed by atoms with van der Waals surface area (Å²) in [6.07, 6.45) is -10.6. The second kappa shape index (κ2) is 11.8. The highest BCUT2D eigenvalue weighted by atomic mass is 19.4. The number of piperazine rings is 1. The summed E-state index contributed by atoms with van der Waals surface area (Å²) in [5, 5.41) is 0. The van der Waals surface area contributed by atoms with E-state index >= 15 is 0 Å². The van der Waals surface area contributed by atoms with E-state index in [1.54, 1.807) is 12.1 Å². The molecule has 10 heteroatoms. The van der Waals surface area contributed by atoms with Crippen LogP contribution in [0.4, 0.5) is 32.0 Å². The van der Waals surface area contributed by atoms with Crippen LogP contribution in [-0.2, 0) is 35.4 Å². The molecule has 1 heterocycles. The summed E-state index contributed by atoms with van der Waals surface area (Å²) in [4.78, 5) is 29.5. The number of carbonyl (C=O) groups excluding carboxylic acids is 2. The molecular weight excluding hydrogens is 558 g/mol. The molecule has 0 bridgehead atoms. The lowest BCUT2D eigenvalue weighted by Gasteiger charge is -2.36. The maximum absolute atomic E-state index is 13.1. The zero-order chi connectivity index (χ0) is 30.9. The molecule has 1 amide bonds. The topological polar surface area (TPSA) is 40.6 Å². The van der Waals surface area contributed by atoms with Crippen molar-refractivity contribution in [3.8, 4) is 0 Å². The molecule has 0 saturated carbocycles. The molecule has 224 valence electrons. The van der Waals surface area contributed by atoms with Gasteiger partial charge in [-0.25, -0.2) is 0 Å². The third kappa shape index (κ3) is 7.72. The van der Waals surface area contributed by atoms with Gasteiger partial charge < -0.3 is 9.80 Å². The van der Waals surface area contributed by atoms with Crippen LogP contribution in [0.15, 0.2) is 66.7 Å². The quantitative estimate of drug-likeness (QED) is 0.282. The highest BCUT2D eigenvalue weighted by Gasteiger charge is 2.37. The molecule has 4 rings (SSSR count). The lowest BCUT2D eigenvalue weighted by Crippen LogP contribution is -2.48. The fourth-order valence-electron chi connectivity index (χ4n) is 4.93. The van der Waals surface area contributed by atoms with Crippen LogP contribution >= 0.6 is 0 Å². The van der Waals surface area contributed by atoms with Crippen molar-refractivity contribution in [1.82, 2.24) is 4.90 Å². The molecule has 42 heavy (non-hydrogen) atoms. The number of hydrogen-bond acceptors (Lipinski definition) is 3. The second-order valence-electron chi connectivity index (χ2n) is 11.6. The first kappa shape index (κ1) is 31.1. The van der Waals surface area contributed by atoms with Crippen LogP contribution in [0.5, 0.6) is 0 Å². The van der Waals surface area contributed by atoms with Crippen LogP contribution < -0.4 is 4.90 Å². The lowest BCUT2D eigenvalue weighted by atomic mass is 9.86. The molecule has 0 N–H and O–H groups in total. The third-order valence-electron chi connectivity index (χ3n) is 7.32. The van der Waals surface area contributed by atoms with Crippen LogP contribution in [0, 0.1) is 0 Å². The summed E-state index contributed by atoms with van der Waals surface area (Å²) >= 11 is 0. The SMILES string of the molecule is CC(C)(C)c1ccc(C(=O)N2CCN(c3ccc(CC(=O)Cc4cc(C(F)(F)F)cc(C(F)(F)F)c4)cc3)CC2)cc1. The molecule has 1 aliphatic rings. The number of halogens is 6. The normalized spacial score (nSPS) is 14.7. The predicted octanol–water partition coefficient (Wildman–Crippen LogP) is 7.34. The molecule has 0 aliphatic carbocycles. The predicted molar refractivity (Wildman–Crippen MR) is 149 cm³/mol. The number of alkyl halides is 6. The number of benzene rings is 3. The Kier molecular flexibility index (Phi) is 8.76. The first-order valence-corrected chi connectivity index (χ1v) is 13.5. The summed E-state index contributed by atoms with van der Waals surface area (Å²) in [6.45, 7) is 8.65. The Bertz CT molecular complexity index is 1380. The molecule has 1 fully saturated rings. The van der Waals surface area contributed by atoms with Gasteiger partial charge in [0.1, 0.15) is 5.78 Å². The molecule has 3 aromatic carbocycles. The van der Waals surface area contributed by atoms with Crippen LogP contribution in [0.2, 0.25) is 0 Å². The summed E-state index contributed by atoms with van der Waals surface area (Å²) in [5.41, 5.74) is 0.0651. The molecule has 1 saturated heterocycles. The van der Waals surface area contributed by atoms with E-state index in [0.29, 0.717) is 49.4 Å². The maximum atomic E-state index is 13.1. The fraction of sp³-hybridized carbons (Fsp3) is 0.375. The van der Waals surface area contributed by atoms with Gasteiger partial charge in [0.05, 0.1) is 11.1 Å². The van der Waals surface area contributed by atoms with Crippen molar-refractivity contribution < 1.29 is 35.9 Å². The van der Waals surface area contributed by atoms with Crippen molar-refractivity contribution >= 4 is 17.4 Å². The Morgan fingerprint density at radius 3 is 1.62 bits per heavy atom. The first-order valence-electron chi connectivity index (χ1n) is 13.5. The molecule has 0 atom stereocenters. The minimum Gasteiger partial charge on any atom is -0.368 e. The number of nitrogens with zero attached hydrogens (tertiary/aromatic N) is 2. The minimum absolute atomic E-state index is 0.000727. The van der Waals surface area contributed by atoms with Gasteiger partial charge in [0.15, 0.2) is 0 Å². The number of carbonyl (C=O) groups is 2. The van der Waals surface area contributed by atoms with E-state index in [9.17, 15) is 35.9 Å². The molecule has 0 radical (unpaired) electrons. The van der Waals surface area contributed by atoms with Crippen LogP contribution in [0.3, 0.4) is 0 Å². The second-order valence-corrected chi connectivity index (χ2v) is 11.6. The van der Waals surface area contributed by atoms with Crippen LogP contribution in [0.25, 0.3) is 0 Å². The lowest BCUT2D eigenvalue weighted by molar-refractivity contribution is -0.143. The van der Waals surface area contributed by atoms with Crippen LogP contribution in [0.1, 0.15) is 58.9 Å². The van der Waals surface area contributed by atoms with Gasteiger partial charge in [-0.2, -0.15) is 26.3 Å². The van der Waals surface area contributed by atoms with Gasteiger partial charge in [-0.05, 0) is 64.6 Å². The van der Waals surface area contributed by atoms with Gasteiger partial charge in [-0.1, -0.05) is 45.0 Å². The van der Waals surface area contributed by atoms with E-state index in [1.807, 2.05) is 41.3 Å².